The highest BCUT2D eigenvalue weighted by Crippen LogP contribution is 2.25. The van der Waals surface area contributed by atoms with Crippen molar-refractivity contribution in [1.82, 2.24) is 0 Å². The Morgan fingerprint density at radius 2 is 2.11 bits per heavy atom. The molecular formula is C13H18N2O3. The molecule has 5 nitrogen and oxygen atoms in total. The lowest BCUT2D eigenvalue weighted by Crippen LogP contribution is -2.43. The molecule has 0 bridgehead atoms. The van der Waals surface area contributed by atoms with Crippen molar-refractivity contribution in [2.75, 3.05) is 18.6 Å². The molecule has 18 heavy (non-hydrogen) atoms. The molecule has 98 valence electrons. The molecule has 0 aromatic heterocycles. The molecule has 1 heterocycles. The normalized spacial score (nSPS) is 18.3. The Kier molecular flexibility index (Phi) is 5.48. The zero-order valence-corrected chi connectivity index (χ0v) is 10.4. The lowest BCUT2D eigenvalue weighted by molar-refractivity contribution is -0.121. The minimum absolute atomic E-state index is 0.0730. The average Bonchev–Trinajstić information content (AvgIpc) is 2.54. The fourth-order valence-corrected chi connectivity index (χ4v) is 2.00. The first kappa shape index (κ1) is 14.3. The first-order valence-electron chi connectivity index (χ1n) is 5.77. The van der Waals surface area contributed by atoms with E-state index in [-0.39, 0.29) is 12.5 Å². The Labute approximate surface area is 106 Å². The van der Waals surface area contributed by atoms with E-state index in [2.05, 4.69) is 0 Å². The number of amides is 1. The van der Waals surface area contributed by atoms with Crippen molar-refractivity contribution in [3.63, 3.8) is 0 Å². The molecule has 0 saturated heterocycles. The van der Waals surface area contributed by atoms with E-state index in [4.69, 9.17) is 10.8 Å². The lowest BCUT2D eigenvalue weighted by Gasteiger charge is -2.22. The van der Waals surface area contributed by atoms with Gasteiger partial charge in [0.15, 0.2) is 0 Å². The summed E-state index contributed by atoms with van der Waals surface area (Å²) in [4.78, 5) is 24.0. The fraction of sp³-hybridized carbons (Fsp3) is 0.385. The standard InChI is InChI=1S/C12H14N2O2.CH4O/c13-10-6-5-9-3-1-2-4-11(9)14(7-8-15)12(10)16;1-2/h1-4,8,10H,5-7,13H2;2H,1H3. The molecule has 1 aliphatic rings. The van der Waals surface area contributed by atoms with Gasteiger partial charge in [0.25, 0.3) is 0 Å². The Hall–Kier alpha value is -1.72. The summed E-state index contributed by atoms with van der Waals surface area (Å²) in [5.41, 5.74) is 7.66. The summed E-state index contributed by atoms with van der Waals surface area (Å²) < 4.78 is 0. The quantitative estimate of drug-likeness (QED) is 0.729. The molecule has 0 aliphatic carbocycles. The van der Waals surface area contributed by atoms with Gasteiger partial charge in [0.1, 0.15) is 6.29 Å². The van der Waals surface area contributed by atoms with E-state index in [0.29, 0.717) is 6.42 Å². The number of benzene rings is 1. The van der Waals surface area contributed by atoms with Crippen LogP contribution in [0, 0.1) is 0 Å². The summed E-state index contributed by atoms with van der Waals surface area (Å²) in [6, 6.07) is 7.11. The molecule has 0 radical (unpaired) electrons. The topological polar surface area (TPSA) is 83.6 Å². The summed E-state index contributed by atoms with van der Waals surface area (Å²) in [7, 11) is 1.00. The maximum atomic E-state index is 11.9. The SMILES string of the molecule is CO.NC1CCc2ccccc2N(CC=O)C1=O. The largest absolute Gasteiger partial charge is 0.400 e. The van der Waals surface area contributed by atoms with E-state index in [1.165, 1.54) is 4.90 Å². The van der Waals surface area contributed by atoms with Gasteiger partial charge < -0.3 is 20.5 Å². The van der Waals surface area contributed by atoms with Crippen molar-refractivity contribution < 1.29 is 14.7 Å². The van der Waals surface area contributed by atoms with Crippen LogP contribution in [-0.2, 0) is 16.0 Å². The number of hydrogen-bond acceptors (Lipinski definition) is 4. The number of aryl methyl sites for hydroxylation is 1. The van der Waals surface area contributed by atoms with E-state index in [1.54, 1.807) is 0 Å². The first-order valence-corrected chi connectivity index (χ1v) is 5.77. The number of aliphatic hydroxyl groups excluding tert-OH is 1. The summed E-state index contributed by atoms with van der Waals surface area (Å²) in [5.74, 6) is -0.169. The third-order valence-corrected chi connectivity index (χ3v) is 2.85. The molecule has 2 rings (SSSR count). The molecule has 1 amide bonds. The van der Waals surface area contributed by atoms with Crippen LogP contribution >= 0.6 is 0 Å². The van der Waals surface area contributed by atoms with Gasteiger partial charge >= 0.3 is 0 Å². The van der Waals surface area contributed by atoms with Gasteiger partial charge in [-0.05, 0) is 24.5 Å². The zero-order chi connectivity index (χ0) is 13.5. The van der Waals surface area contributed by atoms with Gasteiger partial charge in [0.05, 0.1) is 12.6 Å². The van der Waals surface area contributed by atoms with Crippen molar-refractivity contribution in [3.8, 4) is 0 Å². The summed E-state index contributed by atoms with van der Waals surface area (Å²) in [6.07, 6.45) is 2.14. The second-order valence-corrected chi connectivity index (χ2v) is 3.89. The van der Waals surface area contributed by atoms with Gasteiger partial charge in [-0.3, -0.25) is 4.79 Å². The van der Waals surface area contributed by atoms with Crippen LogP contribution in [0.1, 0.15) is 12.0 Å². The summed E-state index contributed by atoms with van der Waals surface area (Å²) >= 11 is 0. The first-order chi connectivity index (χ1) is 8.74. The maximum absolute atomic E-state index is 11.9. The Morgan fingerprint density at radius 1 is 1.44 bits per heavy atom. The number of aldehydes is 1. The van der Waals surface area contributed by atoms with Gasteiger partial charge in [-0.25, -0.2) is 0 Å². The van der Waals surface area contributed by atoms with Crippen molar-refractivity contribution in [3.05, 3.63) is 29.8 Å². The number of anilines is 1. The second kappa shape index (κ2) is 6.88. The molecule has 3 N–H and O–H groups in total. The average molecular weight is 250 g/mol. The Balaban J connectivity index is 0.000000771. The van der Waals surface area contributed by atoms with Crippen molar-refractivity contribution >= 4 is 17.9 Å². The van der Waals surface area contributed by atoms with E-state index in [0.717, 1.165) is 31.1 Å². The highest BCUT2D eigenvalue weighted by atomic mass is 16.2. The van der Waals surface area contributed by atoms with Gasteiger partial charge in [-0.2, -0.15) is 0 Å². The molecular weight excluding hydrogens is 232 g/mol. The molecule has 1 aromatic rings. The highest BCUT2D eigenvalue weighted by Gasteiger charge is 2.27. The number of nitrogens with two attached hydrogens (primary N) is 1. The van der Waals surface area contributed by atoms with Crippen LogP contribution in [0.15, 0.2) is 24.3 Å². The number of fused-ring (bicyclic) bond motifs is 1. The van der Waals surface area contributed by atoms with Crippen LogP contribution in [0.2, 0.25) is 0 Å². The van der Waals surface area contributed by atoms with E-state index >= 15 is 0 Å². The number of nitrogens with zero attached hydrogens (tertiary/aromatic N) is 1. The molecule has 1 aliphatic heterocycles. The minimum Gasteiger partial charge on any atom is -0.400 e. The van der Waals surface area contributed by atoms with Crippen LogP contribution in [0.25, 0.3) is 0 Å². The predicted octanol–water partition coefficient (Wildman–Crippen LogP) is 0.100. The summed E-state index contributed by atoms with van der Waals surface area (Å²) in [6.45, 7) is 0.0730. The third-order valence-electron chi connectivity index (χ3n) is 2.85. The number of hydrogen-bond donors (Lipinski definition) is 2. The van der Waals surface area contributed by atoms with Crippen molar-refractivity contribution in [2.24, 2.45) is 5.73 Å². The van der Waals surface area contributed by atoms with Gasteiger partial charge in [-0.1, -0.05) is 18.2 Å². The predicted molar refractivity (Wildman–Crippen MR) is 69.3 cm³/mol. The van der Waals surface area contributed by atoms with Crippen LogP contribution in [0.5, 0.6) is 0 Å². The maximum Gasteiger partial charge on any atom is 0.244 e. The van der Waals surface area contributed by atoms with E-state index < -0.39 is 6.04 Å². The number of para-hydroxylation sites is 1. The van der Waals surface area contributed by atoms with Crippen molar-refractivity contribution in [2.45, 2.75) is 18.9 Å². The summed E-state index contributed by atoms with van der Waals surface area (Å²) in [5, 5.41) is 7.00. The number of aliphatic hydroxyl groups is 1. The Morgan fingerprint density at radius 3 is 2.78 bits per heavy atom. The Bertz CT molecular complexity index is 420. The van der Waals surface area contributed by atoms with Crippen LogP contribution in [0.3, 0.4) is 0 Å². The van der Waals surface area contributed by atoms with E-state index in [1.807, 2.05) is 24.3 Å². The molecule has 0 fully saturated rings. The number of rotatable bonds is 2. The molecule has 1 unspecified atom stereocenters. The van der Waals surface area contributed by atoms with Gasteiger partial charge in [0, 0.05) is 12.8 Å². The minimum atomic E-state index is -0.507. The number of carbonyl (C=O) groups is 2. The zero-order valence-electron chi connectivity index (χ0n) is 10.4. The number of carbonyl (C=O) groups excluding carboxylic acids is 2. The second-order valence-electron chi connectivity index (χ2n) is 3.89. The van der Waals surface area contributed by atoms with Gasteiger partial charge in [-0.15, -0.1) is 0 Å². The fourth-order valence-electron chi connectivity index (χ4n) is 2.00. The van der Waals surface area contributed by atoms with Crippen LogP contribution in [0.4, 0.5) is 5.69 Å². The van der Waals surface area contributed by atoms with Crippen molar-refractivity contribution in [1.29, 1.82) is 0 Å². The highest BCUT2D eigenvalue weighted by molar-refractivity contribution is 6.00. The van der Waals surface area contributed by atoms with Crippen LogP contribution in [-0.4, -0.2) is 37.0 Å². The molecule has 5 heteroatoms. The molecule has 0 saturated carbocycles. The molecule has 0 spiro atoms. The third kappa shape index (κ3) is 2.94. The lowest BCUT2D eigenvalue weighted by atomic mass is 10.1. The van der Waals surface area contributed by atoms with E-state index in [9.17, 15) is 9.59 Å². The molecule has 1 aromatic carbocycles. The van der Waals surface area contributed by atoms with Crippen LogP contribution < -0.4 is 10.6 Å². The molecule has 1 atom stereocenters. The van der Waals surface area contributed by atoms with Gasteiger partial charge in [0.2, 0.25) is 5.91 Å². The monoisotopic (exact) mass is 250 g/mol. The smallest absolute Gasteiger partial charge is 0.244 e.